The van der Waals surface area contributed by atoms with Gasteiger partial charge in [-0.3, -0.25) is 9.69 Å². The van der Waals surface area contributed by atoms with E-state index in [9.17, 15) is 14.0 Å². The zero-order chi connectivity index (χ0) is 20.9. The molecule has 1 aromatic rings. The number of likely N-dealkylation sites (tertiary alicyclic amines) is 1. The van der Waals surface area contributed by atoms with Gasteiger partial charge in [0, 0.05) is 45.0 Å². The number of benzene rings is 1. The van der Waals surface area contributed by atoms with Gasteiger partial charge in [0.15, 0.2) is 0 Å². The van der Waals surface area contributed by atoms with E-state index in [0.717, 1.165) is 38.8 Å². The maximum atomic E-state index is 13.4. The highest BCUT2D eigenvalue weighted by atomic mass is 19.1. The minimum Gasteiger partial charge on any atom is -0.341 e. The van der Waals surface area contributed by atoms with Crippen LogP contribution in [0.25, 0.3) is 0 Å². The number of piperazine rings is 1. The average Bonchev–Trinajstić information content (AvgIpc) is 3.29. The van der Waals surface area contributed by atoms with Crippen LogP contribution in [0.15, 0.2) is 24.3 Å². The molecule has 3 fully saturated rings. The fraction of sp³-hybridized carbons (Fsp3) is 0.652. The Hall–Kier alpha value is -2.15. The third-order valence-electron chi connectivity index (χ3n) is 6.84. The standard InChI is InChI=1S/C23H33FN4O2/c24-19-9-6-10-20(17-19)25-23(30)28-15-13-26(14-16-28)21(18-7-2-3-8-18)22(29)27-11-4-1-5-12-27/h6,9-10,17-18,21H,1-5,7-8,11-16H2,(H,25,30)/t21-/m1/s1. The number of hydrogen-bond donors (Lipinski definition) is 1. The van der Waals surface area contributed by atoms with Crippen LogP contribution in [0.4, 0.5) is 14.9 Å². The summed E-state index contributed by atoms with van der Waals surface area (Å²) in [6, 6.07) is 5.70. The minimum absolute atomic E-state index is 0.0426. The molecule has 164 valence electrons. The first-order valence-corrected chi connectivity index (χ1v) is 11.5. The zero-order valence-corrected chi connectivity index (χ0v) is 17.7. The lowest BCUT2D eigenvalue weighted by atomic mass is 9.93. The lowest BCUT2D eigenvalue weighted by Gasteiger charge is -2.43. The molecule has 0 aromatic heterocycles. The van der Waals surface area contributed by atoms with E-state index in [4.69, 9.17) is 0 Å². The van der Waals surface area contributed by atoms with Gasteiger partial charge in [0.25, 0.3) is 0 Å². The number of nitrogens with one attached hydrogen (secondary N) is 1. The van der Waals surface area contributed by atoms with Gasteiger partial charge in [-0.15, -0.1) is 0 Å². The lowest BCUT2D eigenvalue weighted by molar-refractivity contribution is -0.140. The molecule has 6 nitrogen and oxygen atoms in total. The fourth-order valence-corrected chi connectivity index (χ4v) is 5.20. The second kappa shape index (κ2) is 9.77. The zero-order valence-electron chi connectivity index (χ0n) is 17.7. The van der Waals surface area contributed by atoms with Gasteiger partial charge in [0.1, 0.15) is 5.82 Å². The molecule has 2 heterocycles. The van der Waals surface area contributed by atoms with E-state index in [1.807, 2.05) is 0 Å². The molecule has 7 heteroatoms. The largest absolute Gasteiger partial charge is 0.341 e. The molecule has 0 bridgehead atoms. The Balaban J connectivity index is 1.37. The van der Waals surface area contributed by atoms with Gasteiger partial charge >= 0.3 is 6.03 Å². The van der Waals surface area contributed by atoms with Crippen LogP contribution in [-0.4, -0.2) is 71.9 Å². The molecule has 1 N–H and O–H groups in total. The van der Waals surface area contributed by atoms with E-state index in [1.165, 1.54) is 31.4 Å². The second-order valence-electron chi connectivity index (χ2n) is 8.84. The first-order chi connectivity index (χ1) is 14.6. The van der Waals surface area contributed by atoms with Crippen LogP contribution in [0, 0.1) is 11.7 Å². The van der Waals surface area contributed by atoms with Crippen molar-refractivity contribution >= 4 is 17.6 Å². The molecule has 3 aliphatic rings. The number of piperidine rings is 1. The molecule has 1 aromatic carbocycles. The number of carbonyl (C=O) groups excluding carboxylic acids is 2. The number of carbonyl (C=O) groups is 2. The highest BCUT2D eigenvalue weighted by Gasteiger charge is 2.39. The third-order valence-corrected chi connectivity index (χ3v) is 6.84. The Morgan fingerprint density at radius 3 is 2.27 bits per heavy atom. The van der Waals surface area contributed by atoms with Crippen molar-refractivity contribution in [2.75, 3.05) is 44.6 Å². The van der Waals surface area contributed by atoms with Crippen molar-refractivity contribution in [1.29, 1.82) is 0 Å². The number of halogens is 1. The molecule has 2 saturated heterocycles. The SMILES string of the molecule is O=C(Nc1cccc(F)c1)N1CCN([C@@H](C(=O)N2CCCCC2)C2CCCC2)CC1. The molecule has 1 atom stereocenters. The van der Waals surface area contributed by atoms with E-state index in [2.05, 4.69) is 15.1 Å². The van der Waals surface area contributed by atoms with Crippen LogP contribution >= 0.6 is 0 Å². The van der Waals surface area contributed by atoms with Crippen LogP contribution in [0.5, 0.6) is 0 Å². The van der Waals surface area contributed by atoms with Gasteiger partial charge < -0.3 is 15.1 Å². The van der Waals surface area contributed by atoms with Gasteiger partial charge in [-0.05, 0) is 56.2 Å². The molecule has 30 heavy (non-hydrogen) atoms. The highest BCUT2D eigenvalue weighted by molar-refractivity contribution is 5.89. The summed E-state index contributed by atoms with van der Waals surface area (Å²) in [6.07, 6.45) is 8.12. The van der Waals surface area contributed by atoms with E-state index < -0.39 is 0 Å². The number of amides is 3. The van der Waals surface area contributed by atoms with E-state index >= 15 is 0 Å². The summed E-state index contributed by atoms with van der Waals surface area (Å²) in [5.74, 6) is 0.375. The van der Waals surface area contributed by atoms with E-state index in [1.54, 1.807) is 17.0 Å². The highest BCUT2D eigenvalue weighted by Crippen LogP contribution is 2.32. The second-order valence-corrected chi connectivity index (χ2v) is 8.84. The summed E-state index contributed by atoms with van der Waals surface area (Å²) in [7, 11) is 0. The predicted molar refractivity (Wildman–Crippen MR) is 115 cm³/mol. The maximum Gasteiger partial charge on any atom is 0.321 e. The summed E-state index contributed by atoms with van der Waals surface area (Å²) in [4.78, 5) is 32.2. The predicted octanol–water partition coefficient (Wildman–Crippen LogP) is 3.55. The molecule has 3 amide bonds. The summed E-state index contributed by atoms with van der Waals surface area (Å²) in [5, 5.41) is 2.78. The average molecular weight is 417 g/mol. The molecule has 0 spiro atoms. The molecular formula is C23H33FN4O2. The molecule has 2 aliphatic heterocycles. The van der Waals surface area contributed by atoms with Crippen molar-refractivity contribution in [2.24, 2.45) is 5.92 Å². The third kappa shape index (κ3) is 4.94. The molecular weight excluding hydrogens is 383 g/mol. The number of anilines is 1. The van der Waals surface area contributed by atoms with Crippen LogP contribution < -0.4 is 5.32 Å². The number of urea groups is 1. The van der Waals surface area contributed by atoms with Gasteiger partial charge in [-0.25, -0.2) is 9.18 Å². The topological polar surface area (TPSA) is 55.9 Å². The van der Waals surface area contributed by atoms with Crippen molar-refractivity contribution in [3.63, 3.8) is 0 Å². The Morgan fingerprint density at radius 1 is 0.900 bits per heavy atom. The Kier molecular flexibility index (Phi) is 6.87. The van der Waals surface area contributed by atoms with Gasteiger partial charge in [0.2, 0.25) is 5.91 Å². The van der Waals surface area contributed by atoms with Gasteiger partial charge in [-0.1, -0.05) is 18.9 Å². The van der Waals surface area contributed by atoms with Gasteiger partial charge in [-0.2, -0.15) is 0 Å². The van der Waals surface area contributed by atoms with Crippen LogP contribution in [0.1, 0.15) is 44.9 Å². The van der Waals surface area contributed by atoms with Gasteiger partial charge in [0.05, 0.1) is 6.04 Å². The van der Waals surface area contributed by atoms with Crippen molar-refractivity contribution < 1.29 is 14.0 Å². The Bertz CT molecular complexity index is 738. The van der Waals surface area contributed by atoms with Crippen LogP contribution in [-0.2, 0) is 4.79 Å². The monoisotopic (exact) mass is 416 g/mol. The summed E-state index contributed by atoms with van der Waals surface area (Å²) in [5.41, 5.74) is 0.464. The maximum absolute atomic E-state index is 13.4. The Morgan fingerprint density at radius 2 is 1.60 bits per heavy atom. The van der Waals surface area contributed by atoms with Crippen molar-refractivity contribution in [1.82, 2.24) is 14.7 Å². The quantitative estimate of drug-likeness (QED) is 0.817. The first kappa shape index (κ1) is 21.1. The summed E-state index contributed by atoms with van der Waals surface area (Å²) >= 11 is 0. The van der Waals surface area contributed by atoms with E-state index in [0.29, 0.717) is 43.7 Å². The summed E-state index contributed by atoms with van der Waals surface area (Å²) < 4.78 is 13.4. The number of hydrogen-bond acceptors (Lipinski definition) is 3. The molecule has 1 aliphatic carbocycles. The van der Waals surface area contributed by atoms with Crippen molar-refractivity contribution in [3.05, 3.63) is 30.1 Å². The normalized spacial score (nSPS) is 22.2. The van der Waals surface area contributed by atoms with Crippen LogP contribution in [0.3, 0.4) is 0 Å². The van der Waals surface area contributed by atoms with E-state index in [-0.39, 0.29) is 17.9 Å². The molecule has 1 saturated carbocycles. The molecule has 4 rings (SSSR count). The smallest absolute Gasteiger partial charge is 0.321 e. The lowest BCUT2D eigenvalue weighted by Crippen LogP contribution is -2.59. The number of rotatable bonds is 4. The first-order valence-electron chi connectivity index (χ1n) is 11.5. The Labute approximate surface area is 178 Å². The molecule has 0 unspecified atom stereocenters. The van der Waals surface area contributed by atoms with Crippen molar-refractivity contribution in [2.45, 2.75) is 51.0 Å². The molecule has 0 radical (unpaired) electrons. The summed E-state index contributed by atoms with van der Waals surface area (Å²) in [6.45, 7) is 4.35. The minimum atomic E-state index is -0.367. The van der Waals surface area contributed by atoms with Crippen molar-refractivity contribution in [3.8, 4) is 0 Å². The van der Waals surface area contributed by atoms with Crippen LogP contribution in [0.2, 0.25) is 0 Å². The fourth-order valence-electron chi connectivity index (χ4n) is 5.20. The number of nitrogens with zero attached hydrogens (tertiary/aromatic N) is 3.